The molecule has 0 bridgehead atoms. The third-order valence-electron chi connectivity index (χ3n) is 3.57. The lowest BCUT2D eigenvalue weighted by atomic mass is 10.2. The molecule has 128 valence electrons. The van der Waals surface area contributed by atoms with Crippen molar-refractivity contribution in [3.8, 4) is 0 Å². The van der Waals surface area contributed by atoms with Gasteiger partial charge in [-0.3, -0.25) is 4.79 Å². The van der Waals surface area contributed by atoms with E-state index in [0.717, 1.165) is 18.9 Å². The molecule has 1 amide bonds. The highest BCUT2D eigenvalue weighted by molar-refractivity contribution is 5.92. The molecule has 0 unspecified atom stereocenters. The van der Waals surface area contributed by atoms with Crippen LogP contribution in [0.4, 0.5) is 13.2 Å². The summed E-state index contributed by atoms with van der Waals surface area (Å²) in [5.41, 5.74) is -0.593. The molecule has 1 saturated carbocycles. The van der Waals surface area contributed by atoms with Gasteiger partial charge in [0.25, 0.3) is 5.91 Å². The molecule has 2 heterocycles. The number of halogens is 3. The van der Waals surface area contributed by atoms with Crippen molar-refractivity contribution in [3.05, 3.63) is 40.8 Å². The average molecular weight is 340 g/mol. The van der Waals surface area contributed by atoms with Gasteiger partial charge < -0.3 is 9.84 Å². The summed E-state index contributed by atoms with van der Waals surface area (Å²) in [7, 11) is 0. The van der Waals surface area contributed by atoms with Gasteiger partial charge in [0.15, 0.2) is 5.69 Å². The van der Waals surface area contributed by atoms with Gasteiger partial charge in [-0.05, 0) is 25.8 Å². The fraction of sp³-hybridized carbons (Fsp3) is 0.467. The Bertz CT molecular complexity index is 753. The SMILES string of the molecule is Cc1cc(C(F)(F)F)nc(CCNC(=O)c2cc(C3CC3)on2)n1. The minimum absolute atomic E-state index is 0.0291. The van der Waals surface area contributed by atoms with Crippen LogP contribution >= 0.6 is 0 Å². The predicted octanol–water partition coefficient (Wildman–Crippen LogP) is 2.64. The summed E-state index contributed by atoms with van der Waals surface area (Å²) in [5, 5.41) is 6.27. The van der Waals surface area contributed by atoms with Crippen molar-refractivity contribution < 1.29 is 22.5 Å². The zero-order valence-electron chi connectivity index (χ0n) is 12.9. The second-order valence-electron chi connectivity index (χ2n) is 5.70. The Hall–Kier alpha value is -2.45. The van der Waals surface area contributed by atoms with E-state index in [9.17, 15) is 18.0 Å². The van der Waals surface area contributed by atoms with Crippen LogP contribution in [0.3, 0.4) is 0 Å². The molecular weight excluding hydrogens is 325 g/mol. The molecule has 24 heavy (non-hydrogen) atoms. The maximum atomic E-state index is 12.7. The Labute approximate surface area is 135 Å². The Morgan fingerprint density at radius 2 is 2.08 bits per heavy atom. The van der Waals surface area contributed by atoms with Gasteiger partial charge in [0.2, 0.25) is 0 Å². The molecule has 0 aromatic carbocycles. The molecule has 0 radical (unpaired) electrons. The highest BCUT2D eigenvalue weighted by Gasteiger charge is 2.33. The Kier molecular flexibility index (Phi) is 4.25. The first-order chi connectivity index (χ1) is 11.3. The summed E-state index contributed by atoms with van der Waals surface area (Å²) in [6.45, 7) is 1.57. The number of carbonyl (C=O) groups is 1. The predicted molar refractivity (Wildman–Crippen MR) is 76.3 cm³/mol. The fourth-order valence-corrected chi connectivity index (χ4v) is 2.22. The van der Waals surface area contributed by atoms with Gasteiger partial charge in [0.05, 0.1) is 0 Å². The number of aryl methyl sites for hydroxylation is 1. The molecule has 1 N–H and O–H groups in total. The van der Waals surface area contributed by atoms with E-state index in [2.05, 4.69) is 20.4 Å². The molecule has 3 rings (SSSR count). The Balaban J connectivity index is 1.57. The first-order valence-electron chi connectivity index (χ1n) is 7.49. The Morgan fingerprint density at radius 1 is 1.33 bits per heavy atom. The third-order valence-corrected chi connectivity index (χ3v) is 3.57. The van der Waals surface area contributed by atoms with Crippen LogP contribution in [0.25, 0.3) is 0 Å². The van der Waals surface area contributed by atoms with Crippen molar-refractivity contribution in [3.63, 3.8) is 0 Å². The molecule has 1 fully saturated rings. The van der Waals surface area contributed by atoms with E-state index in [0.29, 0.717) is 11.7 Å². The molecule has 1 aliphatic carbocycles. The lowest BCUT2D eigenvalue weighted by molar-refractivity contribution is -0.141. The van der Waals surface area contributed by atoms with E-state index < -0.39 is 17.8 Å². The monoisotopic (exact) mass is 340 g/mol. The summed E-state index contributed by atoms with van der Waals surface area (Å²) >= 11 is 0. The number of alkyl halides is 3. The normalized spacial score (nSPS) is 14.7. The standard InChI is InChI=1S/C15H15F3N4O2/c1-8-6-12(15(16,17)18)21-13(20-8)4-5-19-14(23)10-7-11(24-22-10)9-2-3-9/h6-7,9H,2-5H2,1H3,(H,19,23). The number of nitrogens with one attached hydrogen (secondary N) is 1. The number of hydrogen-bond donors (Lipinski definition) is 1. The van der Waals surface area contributed by atoms with Crippen LogP contribution in [0.1, 0.15) is 52.2 Å². The number of rotatable bonds is 5. The topological polar surface area (TPSA) is 80.9 Å². The molecular formula is C15H15F3N4O2. The van der Waals surface area contributed by atoms with Gasteiger partial charge in [-0.25, -0.2) is 9.97 Å². The van der Waals surface area contributed by atoms with E-state index in [1.165, 1.54) is 6.92 Å². The lowest BCUT2D eigenvalue weighted by Crippen LogP contribution is -2.26. The minimum Gasteiger partial charge on any atom is -0.360 e. The first kappa shape index (κ1) is 16.4. The van der Waals surface area contributed by atoms with Crippen LogP contribution in [0.15, 0.2) is 16.7 Å². The highest BCUT2D eigenvalue weighted by atomic mass is 19.4. The molecule has 1 aliphatic rings. The van der Waals surface area contributed by atoms with Crippen molar-refractivity contribution in [2.45, 2.75) is 38.3 Å². The summed E-state index contributed by atoms with van der Waals surface area (Å²) < 4.78 is 43.2. The molecule has 0 aliphatic heterocycles. The fourth-order valence-electron chi connectivity index (χ4n) is 2.22. The van der Waals surface area contributed by atoms with Crippen molar-refractivity contribution in [1.82, 2.24) is 20.4 Å². The number of carbonyl (C=O) groups excluding carboxylic acids is 1. The smallest absolute Gasteiger partial charge is 0.360 e. The van der Waals surface area contributed by atoms with Crippen LogP contribution in [0.2, 0.25) is 0 Å². The van der Waals surface area contributed by atoms with E-state index >= 15 is 0 Å². The van der Waals surface area contributed by atoms with E-state index in [1.807, 2.05) is 0 Å². The maximum Gasteiger partial charge on any atom is 0.433 e. The molecule has 0 saturated heterocycles. The number of nitrogens with zero attached hydrogens (tertiary/aromatic N) is 3. The van der Waals surface area contributed by atoms with Gasteiger partial charge in [-0.15, -0.1) is 0 Å². The maximum absolute atomic E-state index is 12.7. The number of aromatic nitrogens is 3. The zero-order chi connectivity index (χ0) is 17.3. The van der Waals surface area contributed by atoms with Gasteiger partial charge in [-0.1, -0.05) is 5.16 Å². The van der Waals surface area contributed by atoms with Gasteiger partial charge in [-0.2, -0.15) is 13.2 Å². The van der Waals surface area contributed by atoms with Crippen molar-refractivity contribution in [2.24, 2.45) is 0 Å². The van der Waals surface area contributed by atoms with Crippen LogP contribution < -0.4 is 5.32 Å². The summed E-state index contributed by atoms with van der Waals surface area (Å²) in [6, 6.07) is 2.48. The summed E-state index contributed by atoms with van der Waals surface area (Å²) in [6.07, 6.45) is -2.37. The molecule has 2 aromatic heterocycles. The van der Waals surface area contributed by atoms with Crippen LogP contribution in [0.5, 0.6) is 0 Å². The quantitative estimate of drug-likeness (QED) is 0.905. The summed E-state index contributed by atoms with van der Waals surface area (Å²) in [4.78, 5) is 19.4. The number of hydrogen-bond acceptors (Lipinski definition) is 5. The van der Waals surface area contributed by atoms with Crippen molar-refractivity contribution >= 4 is 5.91 Å². The Morgan fingerprint density at radius 3 is 2.75 bits per heavy atom. The number of amides is 1. The highest BCUT2D eigenvalue weighted by Crippen LogP contribution is 2.40. The van der Waals surface area contributed by atoms with Gasteiger partial charge >= 0.3 is 6.18 Å². The second kappa shape index (κ2) is 6.21. The van der Waals surface area contributed by atoms with Crippen molar-refractivity contribution in [2.75, 3.05) is 6.54 Å². The van der Waals surface area contributed by atoms with E-state index in [4.69, 9.17) is 4.52 Å². The minimum atomic E-state index is -4.52. The van der Waals surface area contributed by atoms with Gasteiger partial charge in [0, 0.05) is 30.6 Å². The lowest BCUT2D eigenvalue weighted by Gasteiger charge is -2.09. The molecule has 9 heteroatoms. The van der Waals surface area contributed by atoms with E-state index in [-0.39, 0.29) is 30.2 Å². The molecule has 0 spiro atoms. The molecule has 2 aromatic rings. The van der Waals surface area contributed by atoms with Gasteiger partial charge in [0.1, 0.15) is 17.3 Å². The third kappa shape index (κ3) is 3.90. The van der Waals surface area contributed by atoms with Crippen LogP contribution in [0, 0.1) is 6.92 Å². The van der Waals surface area contributed by atoms with Crippen LogP contribution in [-0.2, 0) is 12.6 Å². The largest absolute Gasteiger partial charge is 0.433 e. The average Bonchev–Trinajstić information content (AvgIpc) is 3.23. The van der Waals surface area contributed by atoms with E-state index in [1.54, 1.807) is 6.07 Å². The summed E-state index contributed by atoms with van der Waals surface area (Å²) in [5.74, 6) is 0.633. The van der Waals surface area contributed by atoms with Crippen LogP contribution in [-0.4, -0.2) is 27.6 Å². The second-order valence-corrected chi connectivity index (χ2v) is 5.70. The molecule has 0 atom stereocenters. The van der Waals surface area contributed by atoms with Crippen molar-refractivity contribution in [1.29, 1.82) is 0 Å². The molecule has 6 nitrogen and oxygen atoms in total. The first-order valence-corrected chi connectivity index (χ1v) is 7.49. The zero-order valence-corrected chi connectivity index (χ0v) is 12.9.